The molecule has 0 heterocycles. The first-order chi connectivity index (χ1) is 2.00. The second-order valence-corrected chi connectivity index (χ2v) is 0. The molecule has 3 nitrogen and oxygen atoms in total. The van der Waals surface area contributed by atoms with E-state index in [9.17, 15) is 0 Å². The molecule has 0 aromatic heterocycles. The second kappa shape index (κ2) is 88.7. The zero-order valence-electron chi connectivity index (χ0n) is 5.44. The zero-order chi connectivity index (χ0) is 4.00. The van der Waals surface area contributed by atoms with Crippen molar-refractivity contribution in [1.29, 1.82) is 0 Å². The summed E-state index contributed by atoms with van der Waals surface area (Å²) in [5.74, 6) is 0. The van der Waals surface area contributed by atoms with Gasteiger partial charge in [-0.2, -0.15) is 0 Å². The van der Waals surface area contributed by atoms with Gasteiger partial charge in [0.15, 0.2) is 0 Å². The van der Waals surface area contributed by atoms with E-state index in [2.05, 4.69) is 0 Å². The third-order valence-electron chi connectivity index (χ3n) is 0. The second-order valence-electron chi connectivity index (χ2n) is 0. The van der Waals surface area contributed by atoms with Gasteiger partial charge in [-0.15, -0.1) is 0 Å². The van der Waals surface area contributed by atoms with Crippen LogP contribution < -0.4 is 0 Å². The summed E-state index contributed by atoms with van der Waals surface area (Å²) in [5, 5.41) is 0. The Morgan fingerprint density at radius 1 is 1.33 bits per heavy atom. The maximum atomic E-state index is 8.38. The van der Waals surface area contributed by atoms with E-state index < -0.39 is 0 Å². The fourth-order valence-electron chi connectivity index (χ4n) is 0. The summed E-state index contributed by atoms with van der Waals surface area (Å²) >= 11 is 0.736. The van der Waals surface area contributed by atoms with Gasteiger partial charge in [0.05, 0.1) is 0 Å². The van der Waals surface area contributed by atoms with E-state index >= 15 is 0 Å². The monoisotopic (exact) mass is 168 g/mol. The van der Waals surface area contributed by atoms with Crippen LogP contribution in [0, 0.1) is 0 Å². The van der Waals surface area contributed by atoms with E-state index in [1.54, 1.807) is 0 Å². The van der Waals surface area contributed by atoms with Crippen LogP contribution in [-0.2, 0) is 25.6 Å². The predicted octanol–water partition coefficient (Wildman–Crippen LogP) is -1.87. The molecule has 2 N–H and O–H groups in total. The molecular weight excluding hydrogens is 165 g/mol. The first-order valence-electron chi connectivity index (χ1n) is 0.577. The molecule has 0 aliphatic carbocycles. The van der Waals surface area contributed by atoms with Crippen LogP contribution >= 0.6 is 0 Å². The Balaban J connectivity index is -0.00000000167. The average molecular weight is 170 g/mol. The van der Waals surface area contributed by atoms with E-state index in [-0.39, 0.29) is 49.6 Å². The molecule has 0 radical (unpaired) electrons. The Kier molecular flexibility index (Phi) is 383. The molecule has 0 aromatic carbocycles. The van der Waals surface area contributed by atoms with Crippen molar-refractivity contribution in [3.05, 3.63) is 0 Å². The number of hydrogen-bond acceptors (Lipinski definition) is 2. The van der Waals surface area contributed by atoms with Crippen molar-refractivity contribution < 1.29 is 34.0 Å². The van der Waals surface area contributed by atoms with Crippen LogP contribution in [0.1, 0.15) is 2.85 Å². The van der Waals surface area contributed by atoms with Crippen molar-refractivity contribution in [2.45, 2.75) is 0 Å². The van der Waals surface area contributed by atoms with E-state index in [0.29, 0.717) is 16.2 Å². The topological polar surface area (TPSA) is 65.6 Å². The van der Waals surface area contributed by atoms with Crippen LogP contribution in [0.15, 0.2) is 0 Å². The molecule has 0 fully saturated rings. The summed E-state index contributed by atoms with van der Waals surface area (Å²) in [5.41, 5.74) is 0. The average Bonchev–Trinajstić information content (AvgIpc) is 1.50. The number of rotatable bonds is 0. The predicted molar refractivity (Wildman–Crippen MR) is 20.1 cm³/mol. The van der Waals surface area contributed by atoms with Crippen LogP contribution in [0.25, 0.3) is 0 Å². The van der Waals surface area contributed by atoms with Gasteiger partial charge >= 0.3 is 64.9 Å². The van der Waals surface area contributed by atoms with Gasteiger partial charge in [0.1, 0.15) is 0 Å². The van der Waals surface area contributed by atoms with Crippen molar-refractivity contribution in [2.75, 3.05) is 0 Å². The molecule has 6 heteroatoms. The standard InChI is InChI=1S/Al.Mg.H2O.2O.Zn.3H/h;;1H2;;;;;;/q;+2;;;;;;2*-1. The van der Waals surface area contributed by atoms with Crippen molar-refractivity contribution >= 4 is 39.3 Å². The Labute approximate surface area is 72.9 Å². The van der Waals surface area contributed by atoms with Gasteiger partial charge in [0.2, 0.25) is 0 Å². The van der Waals surface area contributed by atoms with Crippen LogP contribution in [0.5, 0.6) is 0 Å². The molecule has 0 amide bonds. The molecule has 0 atom stereocenters. The molecule has 0 saturated heterocycles. The molecule has 30 valence electrons. The molecule has 0 aliphatic rings. The molecule has 0 bridgehead atoms. The van der Waals surface area contributed by atoms with Crippen molar-refractivity contribution in [1.82, 2.24) is 0 Å². The third-order valence-corrected chi connectivity index (χ3v) is 0. The van der Waals surface area contributed by atoms with Gasteiger partial charge in [0, 0.05) is 0 Å². The van der Waals surface area contributed by atoms with Gasteiger partial charge < -0.3 is 8.33 Å². The van der Waals surface area contributed by atoms with Crippen LogP contribution in [0.2, 0.25) is 0 Å². The van der Waals surface area contributed by atoms with Crippen molar-refractivity contribution in [3.63, 3.8) is 0 Å². The van der Waals surface area contributed by atoms with Gasteiger partial charge in [-0.3, -0.25) is 0 Å². The summed E-state index contributed by atoms with van der Waals surface area (Å²) in [4.78, 5) is 0. The van der Waals surface area contributed by atoms with Gasteiger partial charge in [0.25, 0.3) is 0 Å². The van der Waals surface area contributed by atoms with E-state index in [1.807, 2.05) is 0 Å². The summed E-state index contributed by atoms with van der Waals surface area (Å²) in [7, 11) is 0. The van der Waals surface area contributed by atoms with Crippen LogP contribution in [-0.4, -0.2) is 44.8 Å². The molecule has 0 rings (SSSR count). The normalized spacial score (nSPS) is 1.50. The van der Waals surface area contributed by atoms with Gasteiger partial charge in [-0.1, -0.05) is 0 Å². The third kappa shape index (κ3) is 50.1. The minimum atomic E-state index is 0. The van der Waals surface area contributed by atoms with Crippen LogP contribution in [0.4, 0.5) is 0 Å². The Bertz CT molecular complexity index is 19.2. The zero-order valence-corrected chi connectivity index (χ0v) is 9.23. The molecule has 0 spiro atoms. The molecule has 0 unspecified atom stereocenters. The first kappa shape index (κ1) is 25.9. The Morgan fingerprint density at radius 3 is 1.33 bits per heavy atom. The summed E-state index contributed by atoms with van der Waals surface area (Å²) in [6, 6.07) is 0. The van der Waals surface area contributed by atoms with Crippen LogP contribution in [0.3, 0.4) is 0 Å². The molecule has 0 aromatic rings. The van der Waals surface area contributed by atoms with Gasteiger partial charge in [-0.05, 0) is 0 Å². The summed E-state index contributed by atoms with van der Waals surface area (Å²) < 4.78 is 16.7. The molecule has 0 aliphatic heterocycles. The van der Waals surface area contributed by atoms with Crippen molar-refractivity contribution in [3.8, 4) is 0 Å². The quantitative estimate of drug-likeness (QED) is 0.399. The van der Waals surface area contributed by atoms with E-state index in [1.165, 1.54) is 0 Å². The first-order valence-corrected chi connectivity index (χ1v) is 2.37. The summed E-state index contributed by atoms with van der Waals surface area (Å²) in [6.45, 7) is 0. The van der Waals surface area contributed by atoms with E-state index in [4.69, 9.17) is 7.38 Å². The summed E-state index contributed by atoms with van der Waals surface area (Å²) in [6.07, 6.45) is 0. The number of hydrogen-bond donors (Lipinski definition) is 0. The SMILES string of the molecule is O.[H-].[H-].[Mg+2].[O]=[AlH].[O]=[Zn]. The van der Waals surface area contributed by atoms with E-state index in [0.717, 1.165) is 0 Å². The van der Waals surface area contributed by atoms with Crippen molar-refractivity contribution in [2.24, 2.45) is 0 Å². The fourth-order valence-corrected chi connectivity index (χ4v) is 0. The fraction of sp³-hybridized carbons (Fsp3) is 0. The Morgan fingerprint density at radius 2 is 1.33 bits per heavy atom. The molecule has 0 saturated carbocycles. The van der Waals surface area contributed by atoms with Gasteiger partial charge in [-0.25, -0.2) is 0 Å². The molecule has 6 heavy (non-hydrogen) atoms. The maximum absolute atomic E-state index is 8.38. The molecular formula is H5AlMgO3Zn. The Hall–Kier alpha value is 1.48. The minimum absolute atomic E-state index is 0.